The molecule has 8 nitrogen and oxygen atoms in total. The summed E-state index contributed by atoms with van der Waals surface area (Å²) in [6.07, 6.45) is -3.87. The zero-order valence-corrected chi connectivity index (χ0v) is 19.6. The smallest absolute Gasteiger partial charge is 0.433 e. The van der Waals surface area contributed by atoms with Crippen LogP contribution in [0.4, 0.5) is 27.6 Å². The van der Waals surface area contributed by atoms with Gasteiger partial charge in [0.1, 0.15) is 11.6 Å². The number of aromatic nitrogens is 2. The minimum absolute atomic E-state index is 0.0122. The number of halogens is 5. The molecule has 188 valence electrons. The molecular formula is C22H16F5N5O3S. The number of nitriles is 1. The Kier molecular flexibility index (Phi) is 6.99. The average molecular weight is 525 g/mol. The number of hydrogen-bond donors (Lipinski definition) is 2. The Morgan fingerprint density at radius 1 is 1.17 bits per heavy atom. The van der Waals surface area contributed by atoms with E-state index in [1.807, 2.05) is 0 Å². The van der Waals surface area contributed by atoms with Crippen molar-refractivity contribution >= 4 is 21.3 Å². The molecule has 0 saturated heterocycles. The van der Waals surface area contributed by atoms with Gasteiger partial charge < -0.3 is 10.1 Å². The summed E-state index contributed by atoms with van der Waals surface area (Å²) in [4.78, 5) is 13.1. The Bertz CT molecular complexity index is 1530. The van der Waals surface area contributed by atoms with Crippen LogP contribution < -0.4 is 10.1 Å². The summed E-state index contributed by atoms with van der Waals surface area (Å²) in [6, 6.07) is 7.67. The molecule has 0 bridgehead atoms. The second-order valence-electron chi connectivity index (χ2n) is 7.59. The van der Waals surface area contributed by atoms with Gasteiger partial charge in [-0.25, -0.2) is 13.4 Å². The fourth-order valence-corrected chi connectivity index (χ4v) is 3.85. The van der Waals surface area contributed by atoms with E-state index in [0.717, 1.165) is 19.2 Å². The van der Waals surface area contributed by atoms with E-state index in [1.165, 1.54) is 37.3 Å². The van der Waals surface area contributed by atoms with Crippen LogP contribution in [0.3, 0.4) is 0 Å². The van der Waals surface area contributed by atoms with Crippen molar-refractivity contribution in [3.63, 3.8) is 0 Å². The predicted octanol–water partition coefficient (Wildman–Crippen LogP) is 5.34. The van der Waals surface area contributed by atoms with Gasteiger partial charge in [-0.15, -0.1) is 10.2 Å². The summed E-state index contributed by atoms with van der Waals surface area (Å²) in [5.74, 6) is -6.02. The number of amides is 1. The van der Waals surface area contributed by atoms with Gasteiger partial charge in [0.15, 0.2) is 17.3 Å². The molecule has 1 atom stereocenters. The molecular weight excluding hydrogens is 509 g/mol. The normalized spacial score (nSPS) is 13.0. The van der Waals surface area contributed by atoms with Crippen LogP contribution in [0.15, 0.2) is 35.2 Å². The number of carbonyl (C=O) groups excluding carboxylic acids is 1. The number of hydrogen-bond acceptors (Lipinski definition) is 7. The van der Waals surface area contributed by atoms with E-state index in [9.17, 15) is 31.0 Å². The third kappa shape index (κ3) is 5.25. The molecule has 1 aromatic heterocycles. The minimum Gasteiger partial charge on any atom is -0.433 e. The van der Waals surface area contributed by atoms with Gasteiger partial charge in [-0.3, -0.25) is 4.79 Å². The highest BCUT2D eigenvalue weighted by atomic mass is 32.2. The number of aryl methyl sites for hydroxylation is 1. The Balaban J connectivity index is 2.15. The van der Waals surface area contributed by atoms with Crippen molar-refractivity contribution in [2.45, 2.75) is 24.9 Å². The average Bonchev–Trinajstić information content (AvgIpc) is 2.77. The quantitative estimate of drug-likeness (QED) is 0.433. The first-order chi connectivity index (χ1) is 16.6. The first-order valence-corrected chi connectivity index (χ1v) is 11.8. The highest BCUT2D eigenvalue weighted by Gasteiger charge is 2.38. The third-order valence-corrected chi connectivity index (χ3v) is 6.04. The molecule has 14 heteroatoms. The number of rotatable bonds is 5. The Morgan fingerprint density at radius 2 is 1.83 bits per heavy atom. The number of nitrogens with one attached hydrogen (secondary N) is 2. The summed E-state index contributed by atoms with van der Waals surface area (Å²) >= 11 is 0. The van der Waals surface area contributed by atoms with Gasteiger partial charge in [0.25, 0.3) is 11.8 Å². The Morgan fingerprint density at radius 3 is 2.42 bits per heavy atom. The van der Waals surface area contributed by atoms with Gasteiger partial charge in [-0.05, 0) is 49.2 Å². The molecule has 2 N–H and O–H groups in total. The highest BCUT2D eigenvalue weighted by Crippen LogP contribution is 2.37. The van der Waals surface area contributed by atoms with Crippen LogP contribution in [0.1, 0.15) is 32.7 Å². The summed E-state index contributed by atoms with van der Waals surface area (Å²) in [7, 11) is -3.18. The van der Waals surface area contributed by atoms with Crippen LogP contribution in [-0.4, -0.2) is 26.6 Å². The lowest BCUT2D eigenvalue weighted by Gasteiger charge is -2.17. The van der Waals surface area contributed by atoms with E-state index in [2.05, 4.69) is 15.5 Å². The maximum atomic E-state index is 14.6. The summed E-state index contributed by atoms with van der Waals surface area (Å²) < 4.78 is 94.0. The maximum Gasteiger partial charge on any atom is 0.435 e. The lowest BCUT2D eigenvalue weighted by Crippen LogP contribution is -2.21. The molecule has 0 aliphatic carbocycles. The zero-order valence-electron chi connectivity index (χ0n) is 18.8. The molecule has 2 aromatic carbocycles. The molecule has 36 heavy (non-hydrogen) atoms. The number of ether oxygens (including phenoxy) is 1. The van der Waals surface area contributed by atoms with Crippen molar-refractivity contribution in [3.05, 3.63) is 69.9 Å². The molecule has 1 heterocycles. The van der Waals surface area contributed by atoms with E-state index in [-0.39, 0.29) is 16.1 Å². The fraction of sp³-hybridized carbons (Fsp3) is 0.182. The molecule has 0 aliphatic heterocycles. The number of nitrogens with zero attached hydrogens (tertiary/aromatic N) is 3. The standard InChI is InChI=1S/C22H16F5N5O3S/c1-10-7-12(9-28)16(23)17(24)18(10)35-21-15(11(2)19(31-32-21)22(25,26)27)20(33)30-13-5-4-6-14(8-13)36(3,29)34/h4-8,29H,1-3H3,(H,30,33). The molecule has 3 aromatic rings. The maximum absolute atomic E-state index is 14.6. The predicted molar refractivity (Wildman–Crippen MR) is 117 cm³/mol. The van der Waals surface area contributed by atoms with Gasteiger partial charge >= 0.3 is 6.18 Å². The Hall–Kier alpha value is -4.12. The van der Waals surface area contributed by atoms with E-state index >= 15 is 0 Å². The molecule has 0 fully saturated rings. The van der Waals surface area contributed by atoms with Gasteiger partial charge in [0, 0.05) is 16.8 Å². The van der Waals surface area contributed by atoms with Crippen molar-refractivity contribution in [2.75, 3.05) is 11.6 Å². The lowest BCUT2D eigenvalue weighted by atomic mass is 10.1. The van der Waals surface area contributed by atoms with E-state index in [4.69, 9.17) is 14.8 Å². The van der Waals surface area contributed by atoms with Gasteiger partial charge in [-0.2, -0.15) is 22.8 Å². The van der Waals surface area contributed by atoms with Gasteiger partial charge in [0.2, 0.25) is 5.82 Å². The second-order valence-corrected chi connectivity index (χ2v) is 9.75. The van der Waals surface area contributed by atoms with E-state index < -0.39 is 67.5 Å². The minimum atomic E-state index is -5.01. The summed E-state index contributed by atoms with van der Waals surface area (Å²) in [5, 5.41) is 17.5. The van der Waals surface area contributed by atoms with Crippen LogP contribution in [0.5, 0.6) is 11.6 Å². The number of carbonyl (C=O) groups is 1. The van der Waals surface area contributed by atoms with Crippen LogP contribution >= 0.6 is 0 Å². The van der Waals surface area contributed by atoms with Crippen LogP contribution in [0, 0.1) is 41.6 Å². The van der Waals surface area contributed by atoms with E-state index in [1.54, 1.807) is 0 Å². The lowest BCUT2D eigenvalue weighted by molar-refractivity contribution is -0.142. The number of benzene rings is 2. The summed E-state index contributed by atoms with van der Waals surface area (Å²) in [6.45, 7) is 2.17. The molecule has 3 rings (SSSR count). The second kappa shape index (κ2) is 9.50. The number of anilines is 1. The molecule has 0 aliphatic rings. The van der Waals surface area contributed by atoms with Crippen LogP contribution in [0.25, 0.3) is 0 Å². The molecule has 1 amide bonds. The first kappa shape index (κ1) is 26.5. The monoisotopic (exact) mass is 525 g/mol. The van der Waals surface area contributed by atoms with Crippen molar-refractivity contribution in [1.82, 2.24) is 10.2 Å². The largest absolute Gasteiger partial charge is 0.435 e. The third-order valence-electron chi connectivity index (χ3n) is 4.89. The van der Waals surface area contributed by atoms with Crippen molar-refractivity contribution < 1.29 is 35.7 Å². The Labute approximate surface area is 201 Å². The molecule has 0 spiro atoms. The van der Waals surface area contributed by atoms with Gasteiger partial charge in [-0.1, -0.05) is 6.07 Å². The molecule has 0 radical (unpaired) electrons. The van der Waals surface area contributed by atoms with Crippen LogP contribution in [-0.2, 0) is 15.9 Å². The first-order valence-electron chi connectivity index (χ1n) is 9.81. The topological polar surface area (TPSA) is 129 Å². The molecule has 1 unspecified atom stereocenters. The van der Waals surface area contributed by atoms with Gasteiger partial charge in [0.05, 0.1) is 15.3 Å². The number of alkyl halides is 3. The zero-order chi connectivity index (χ0) is 27.0. The summed E-state index contributed by atoms with van der Waals surface area (Å²) in [5.41, 5.74) is -3.76. The van der Waals surface area contributed by atoms with Crippen molar-refractivity contribution in [3.8, 4) is 17.7 Å². The fourth-order valence-electron chi connectivity index (χ4n) is 3.16. The highest BCUT2D eigenvalue weighted by molar-refractivity contribution is 7.91. The van der Waals surface area contributed by atoms with Crippen LogP contribution in [0.2, 0.25) is 0 Å². The SMILES string of the molecule is Cc1cc(C#N)c(F)c(F)c1Oc1nnc(C(F)(F)F)c(C)c1C(=O)Nc1cccc(S(C)(=N)=O)c1. The van der Waals surface area contributed by atoms with Crippen molar-refractivity contribution in [2.24, 2.45) is 0 Å². The van der Waals surface area contributed by atoms with E-state index in [0.29, 0.717) is 0 Å². The molecule has 0 saturated carbocycles. The van der Waals surface area contributed by atoms with Crippen molar-refractivity contribution in [1.29, 1.82) is 10.0 Å².